The minimum atomic E-state index is -3.56. The highest BCUT2D eigenvalue weighted by Crippen LogP contribution is 2.20. The summed E-state index contributed by atoms with van der Waals surface area (Å²) >= 11 is 3.25. The summed E-state index contributed by atoms with van der Waals surface area (Å²) in [5.74, 6) is -0.341. The molecular formula is C14H13BrFNO2S. The molecule has 0 atom stereocenters. The molecule has 0 N–H and O–H groups in total. The molecule has 0 aliphatic rings. The van der Waals surface area contributed by atoms with Gasteiger partial charge in [0.05, 0.1) is 4.90 Å². The quantitative estimate of drug-likeness (QED) is 0.840. The lowest BCUT2D eigenvalue weighted by molar-refractivity contribution is 0.466. The van der Waals surface area contributed by atoms with Gasteiger partial charge in [-0.3, -0.25) is 0 Å². The smallest absolute Gasteiger partial charge is 0.207 e. The third-order valence-corrected chi connectivity index (χ3v) is 5.12. The summed E-state index contributed by atoms with van der Waals surface area (Å²) in [7, 11) is -2.06. The predicted molar refractivity (Wildman–Crippen MR) is 79.2 cm³/mol. The van der Waals surface area contributed by atoms with Crippen LogP contribution in [0.3, 0.4) is 0 Å². The van der Waals surface area contributed by atoms with Crippen LogP contribution in [0.15, 0.2) is 57.9 Å². The molecule has 0 aliphatic heterocycles. The number of halogens is 2. The monoisotopic (exact) mass is 357 g/mol. The molecule has 2 aromatic rings. The van der Waals surface area contributed by atoms with E-state index < -0.39 is 10.0 Å². The molecule has 0 amide bonds. The molecule has 0 aromatic heterocycles. The van der Waals surface area contributed by atoms with Gasteiger partial charge in [-0.1, -0.05) is 34.1 Å². The lowest BCUT2D eigenvalue weighted by Gasteiger charge is -2.17. The molecule has 2 aromatic carbocycles. The number of rotatable bonds is 4. The highest BCUT2D eigenvalue weighted by Gasteiger charge is 2.20. The number of hydrogen-bond acceptors (Lipinski definition) is 2. The van der Waals surface area contributed by atoms with Gasteiger partial charge in [-0.25, -0.2) is 12.8 Å². The first kappa shape index (κ1) is 15.2. The highest BCUT2D eigenvalue weighted by atomic mass is 79.9. The van der Waals surface area contributed by atoms with Gasteiger partial charge in [-0.2, -0.15) is 4.31 Å². The molecule has 0 bridgehead atoms. The zero-order valence-corrected chi connectivity index (χ0v) is 13.2. The van der Waals surface area contributed by atoms with Crippen LogP contribution >= 0.6 is 15.9 Å². The Morgan fingerprint density at radius 3 is 2.40 bits per heavy atom. The van der Waals surface area contributed by atoms with E-state index in [1.165, 1.54) is 23.5 Å². The molecule has 0 radical (unpaired) electrons. The number of nitrogens with zero attached hydrogens (tertiary/aromatic N) is 1. The van der Waals surface area contributed by atoms with Crippen LogP contribution in [0.5, 0.6) is 0 Å². The second kappa shape index (κ2) is 6.03. The SMILES string of the molecule is CN(Cc1ccc(F)cc1)S(=O)(=O)c1cccc(Br)c1. The van der Waals surface area contributed by atoms with Crippen LogP contribution < -0.4 is 0 Å². The lowest BCUT2D eigenvalue weighted by atomic mass is 10.2. The summed E-state index contributed by atoms with van der Waals surface area (Å²) in [5, 5.41) is 0. The third-order valence-electron chi connectivity index (χ3n) is 2.82. The summed E-state index contributed by atoms with van der Waals surface area (Å²) < 4.78 is 39.5. The van der Waals surface area contributed by atoms with Gasteiger partial charge in [0, 0.05) is 18.1 Å². The molecule has 3 nitrogen and oxygen atoms in total. The second-order valence-electron chi connectivity index (χ2n) is 4.34. The van der Waals surface area contributed by atoms with E-state index in [2.05, 4.69) is 15.9 Å². The van der Waals surface area contributed by atoms with Crippen molar-refractivity contribution >= 4 is 26.0 Å². The van der Waals surface area contributed by atoms with E-state index in [1.54, 1.807) is 36.4 Å². The Balaban J connectivity index is 2.23. The van der Waals surface area contributed by atoms with Crippen molar-refractivity contribution in [1.29, 1.82) is 0 Å². The van der Waals surface area contributed by atoms with Gasteiger partial charge in [-0.05, 0) is 35.9 Å². The fraction of sp³-hybridized carbons (Fsp3) is 0.143. The molecule has 106 valence electrons. The molecule has 0 unspecified atom stereocenters. The van der Waals surface area contributed by atoms with Crippen molar-refractivity contribution in [3.8, 4) is 0 Å². The van der Waals surface area contributed by atoms with Crippen LogP contribution in [0.25, 0.3) is 0 Å². The molecule has 6 heteroatoms. The average molecular weight is 358 g/mol. The van der Waals surface area contributed by atoms with Crippen molar-refractivity contribution in [2.75, 3.05) is 7.05 Å². The minimum Gasteiger partial charge on any atom is -0.207 e. The normalized spacial score (nSPS) is 11.8. The Hall–Kier alpha value is -1.24. The van der Waals surface area contributed by atoms with Crippen LogP contribution in [0.2, 0.25) is 0 Å². The summed E-state index contributed by atoms with van der Waals surface area (Å²) in [4.78, 5) is 0.219. The fourth-order valence-corrected chi connectivity index (χ4v) is 3.50. The lowest BCUT2D eigenvalue weighted by Crippen LogP contribution is -2.26. The number of sulfonamides is 1. The molecule has 2 rings (SSSR count). The van der Waals surface area contributed by atoms with Gasteiger partial charge in [-0.15, -0.1) is 0 Å². The van der Waals surface area contributed by atoms with E-state index in [9.17, 15) is 12.8 Å². The summed E-state index contributed by atoms with van der Waals surface area (Å²) in [6.07, 6.45) is 0. The maximum atomic E-state index is 12.8. The predicted octanol–water partition coefficient (Wildman–Crippen LogP) is 3.41. The van der Waals surface area contributed by atoms with Gasteiger partial charge in [0.2, 0.25) is 10.0 Å². The van der Waals surface area contributed by atoms with Gasteiger partial charge in [0.15, 0.2) is 0 Å². The Labute approximate surface area is 126 Å². The van der Waals surface area contributed by atoms with Crippen LogP contribution in [-0.2, 0) is 16.6 Å². The highest BCUT2D eigenvalue weighted by molar-refractivity contribution is 9.10. The van der Waals surface area contributed by atoms with E-state index in [0.717, 1.165) is 5.56 Å². The molecule has 0 fully saturated rings. The fourth-order valence-electron chi connectivity index (χ4n) is 1.74. The van der Waals surface area contributed by atoms with Crippen molar-refractivity contribution < 1.29 is 12.8 Å². The van der Waals surface area contributed by atoms with Gasteiger partial charge >= 0.3 is 0 Å². The Morgan fingerprint density at radius 2 is 1.80 bits per heavy atom. The topological polar surface area (TPSA) is 37.4 Å². The van der Waals surface area contributed by atoms with Crippen molar-refractivity contribution in [1.82, 2.24) is 4.31 Å². The maximum Gasteiger partial charge on any atom is 0.243 e. The number of benzene rings is 2. The Morgan fingerprint density at radius 1 is 1.15 bits per heavy atom. The standard InChI is InChI=1S/C14H13BrFNO2S/c1-17(10-11-5-7-13(16)8-6-11)20(18,19)14-4-2-3-12(15)9-14/h2-9H,10H2,1H3. The van der Waals surface area contributed by atoms with Gasteiger partial charge < -0.3 is 0 Å². The molecule has 20 heavy (non-hydrogen) atoms. The van der Waals surface area contributed by atoms with Crippen LogP contribution in [0.4, 0.5) is 4.39 Å². The molecule has 0 saturated carbocycles. The first-order valence-electron chi connectivity index (χ1n) is 5.86. The van der Waals surface area contributed by atoms with E-state index >= 15 is 0 Å². The molecule has 0 aliphatic carbocycles. The minimum absolute atomic E-state index is 0.190. The van der Waals surface area contributed by atoms with Crippen molar-refractivity contribution in [3.63, 3.8) is 0 Å². The van der Waals surface area contributed by atoms with Gasteiger partial charge in [0.25, 0.3) is 0 Å². The summed E-state index contributed by atoms with van der Waals surface area (Å²) in [6, 6.07) is 12.3. The molecule has 0 saturated heterocycles. The first-order chi connectivity index (χ1) is 9.39. The number of hydrogen-bond donors (Lipinski definition) is 0. The largest absolute Gasteiger partial charge is 0.243 e. The zero-order chi connectivity index (χ0) is 14.8. The van der Waals surface area contributed by atoms with Crippen molar-refractivity contribution in [3.05, 3.63) is 64.4 Å². The zero-order valence-electron chi connectivity index (χ0n) is 10.8. The van der Waals surface area contributed by atoms with E-state index in [4.69, 9.17) is 0 Å². The summed E-state index contributed by atoms with van der Waals surface area (Å²) in [6.45, 7) is 0.190. The first-order valence-corrected chi connectivity index (χ1v) is 8.09. The summed E-state index contributed by atoms with van der Waals surface area (Å²) in [5.41, 5.74) is 0.729. The maximum absolute atomic E-state index is 12.8. The molecule has 0 spiro atoms. The van der Waals surface area contributed by atoms with Crippen LogP contribution in [0, 0.1) is 5.82 Å². The third kappa shape index (κ3) is 3.45. The van der Waals surface area contributed by atoms with Crippen molar-refractivity contribution in [2.45, 2.75) is 11.4 Å². The average Bonchev–Trinajstić information content (AvgIpc) is 2.41. The molecule has 0 heterocycles. The Kier molecular flexibility index (Phi) is 4.57. The van der Waals surface area contributed by atoms with Crippen LogP contribution in [0.1, 0.15) is 5.56 Å². The van der Waals surface area contributed by atoms with E-state index in [0.29, 0.717) is 4.47 Å². The van der Waals surface area contributed by atoms with E-state index in [-0.39, 0.29) is 17.3 Å². The van der Waals surface area contributed by atoms with Crippen molar-refractivity contribution in [2.24, 2.45) is 0 Å². The molecular weight excluding hydrogens is 345 g/mol. The Bertz CT molecular complexity index is 701. The van der Waals surface area contributed by atoms with E-state index in [1.807, 2.05) is 0 Å². The second-order valence-corrected chi connectivity index (χ2v) is 7.31. The van der Waals surface area contributed by atoms with Crippen LogP contribution in [-0.4, -0.2) is 19.8 Å². The van der Waals surface area contributed by atoms with Gasteiger partial charge in [0.1, 0.15) is 5.82 Å².